The first-order valence-corrected chi connectivity index (χ1v) is 7.11. The van der Waals surface area contributed by atoms with Gasteiger partial charge in [0, 0.05) is 16.1 Å². The highest BCUT2D eigenvalue weighted by Crippen LogP contribution is 2.30. The smallest absolute Gasteiger partial charge is 0.122 e. The molecule has 2 aromatic carbocycles. The SMILES string of the molecule is COc1ccc(Cl)cc1CC(N)c1cccc(C)c1Cl. The van der Waals surface area contributed by atoms with Gasteiger partial charge in [0.2, 0.25) is 0 Å². The topological polar surface area (TPSA) is 35.2 Å². The van der Waals surface area contributed by atoms with Crippen LogP contribution in [0.3, 0.4) is 0 Å². The Morgan fingerprint density at radius 3 is 2.65 bits per heavy atom. The van der Waals surface area contributed by atoms with Crippen molar-refractivity contribution in [1.82, 2.24) is 0 Å². The van der Waals surface area contributed by atoms with Crippen molar-refractivity contribution in [3.8, 4) is 5.75 Å². The molecule has 2 nitrogen and oxygen atoms in total. The molecule has 20 heavy (non-hydrogen) atoms. The second-order valence-electron chi connectivity index (χ2n) is 4.74. The Bertz CT molecular complexity index is 613. The van der Waals surface area contributed by atoms with Gasteiger partial charge in [-0.25, -0.2) is 0 Å². The molecular formula is C16H17Cl2NO. The lowest BCUT2D eigenvalue weighted by molar-refractivity contribution is 0.408. The Kier molecular flexibility index (Phi) is 4.92. The lowest BCUT2D eigenvalue weighted by atomic mass is 9.97. The van der Waals surface area contributed by atoms with Crippen LogP contribution in [0, 0.1) is 6.92 Å². The van der Waals surface area contributed by atoms with Crippen LogP contribution in [0.15, 0.2) is 36.4 Å². The molecule has 0 aliphatic rings. The fraction of sp³-hybridized carbons (Fsp3) is 0.250. The summed E-state index contributed by atoms with van der Waals surface area (Å²) in [4.78, 5) is 0. The van der Waals surface area contributed by atoms with E-state index in [1.54, 1.807) is 13.2 Å². The number of halogens is 2. The van der Waals surface area contributed by atoms with E-state index in [0.29, 0.717) is 11.4 Å². The van der Waals surface area contributed by atoms with E-state index in [1.165, 1.54) is 0 Å². The fourth-order valence-corrected chi connectivity index (χ4v) is 2.67. The van der Waals surface area contributed by atoms with E-state index in [9.17, 15) is 0 Å². The van der Waals surface area contributed by atoms with Crippen LogP contribution in [0.5, 0.6) is 5.75 Å². The zero-order chi connectivity index (χ0) is 14.7. The zero-order valence-corrected chi connectivity index (χ0v) is 13.0. The third-order valence-electron chi connectivity index (χ3n) is 3.30. The van der Waals surface area contributed by atoms with Crippen molar-refractivity contribution in [3.05, 3.63) is 63.1 Å². The standard InChI is InChI=1S/C16H17Cl2NO/c1-10-4-3-5-13(16(10)18)14(19)9-11-8-12(17)6-7-15(11)20-2/h3-8,14H,9,19H2,1-2H3. The highest BCUT2D eigenvalue weighted by molar-refractivity contribution is 6.32. The Balaban J connectivity index is 2.30. The number of hydrogen-bond acceptors (Lipinski definition) is 2. The third kappa shape index (κ3) is 3.26. The number of nitrogens with two attached hydrogens (primary N) is 1. The number of benzene rings is 2. The van der Waals surface area contributed by atoms with Gasteiger partial charge >= 0.3 is 0 Å². The van der Waals surface area contributed by atoms with Crippen molar-refractivity contribution in [2.75, 3.05) is 7.11 Å². The summed E-state index contributed by atoms with van der Waals surface area (Å²) >= 11 is 12.4. The molecule has 1 unspecified atom stereocenters. The molecule has 0 aromatic heterocycles. The molecule has 2 N–H and O–H groups in total. The van der Waals surface area contributed by atoms with E-state index in [1.807, 2.05) is 37.3 Å². The number of rotatable bonds is 4. The molecule has 0 heterocycles. The van der Waals surface area contributed by atoms with Gasteiger partial charge in [0.25, 0.3) is 0 Å². The van der Waals surface area contributed by atoms with E-state index in [0.717, 1.165) is 27.5 Å². The molecule has 0 aliphatic carbocycles. The number of ether oxygens (including phenoxy) is 1. The Labute approximate surface area is 129 Å². The average Bonchev–Trinajstić information content (AvgIpc) is 2.42. The van der Waals surface area contributed by atoms with Crippen LogP contribution >= 0.6 is 23.2 Å². The molecule has 0 bridgehead atoms. The normalized spacial score (nSPS) is 12.2. The van der Waals surface area contributed by atoms with Gasteiger partial charge in [0.05, 0.1) is 7.11 Å². The quantitative estimate of drug-likeness (QED) is 0.899. The van der Waals surface area contributed by atoms with Gasteiger partial charge in [-0.15, -0.1) is 0 Å². The maximum Gasteiger partial charge on any atom is 0.122 e. The molecule has 2 rings (SSSR count). The first kappa shape index (κ1) is 15.2. The minimum absolute atomic E-state index is 0.199. The molecule has 0 saturated heterocycles. The van der Waals surface area contributed by atoms with Crippen molar-refractivity contribution >= 4 is 23.2 Å². The van der Waals surface area contributed by atoms with Crippen LogP contribution in [-0.4, -0.2) is 7.11 Å². The Hall–Kier alpha value is -1.22. The number of methoxy groups -OCH3 is 1. The second kappa shape index (κ2) is 6.49. The van der Waals surface area contributed by atoms with Crippen LogP contribution in [0.25, 0.3) is 0 Å². The van der Waals surface area contributed by atoms with E-state index >= 15 is 0 Å². The maximum atomic E-state index is 6.32. The van der Waals surface area contributed by atoms with Gasteiger partial charge in [-0.2, -0.15) is 0 Å². The maximum absolute atomic E-state index is 6.32. The molecular weight excluding hydrogens is 293 g/mol. The second-order valence-corrected chi connectivity index (χ2v) is 5.56. The summed E-state index contributed by atoms with van der Waals surface area (Å²) in [5.74, 6) is 0.786. The van der Waals surface area contributed by atoms with Crippen LogP contribution in [0.2, 0.25) is 10.0 Å². The van der Waals surface area contributed by atoms with Gasteiger partial charge in [-0.3, -0.25) is 0 Å². The van der Waals surface area contributed by atoms with E-state index in [4.69, 9.17) is 33.7 Å². The van der Waals surface area contributed by atoms with Crippen LogP contribution < -0.4 is 10.5 Å². The summed E-state index contributed by atoms with van der Waals surface area (Å²) in [7, 11) is 1.64. The summed E-state index contributed by atoms with van der Waals surface area (Å²) in [5.41, 5.74) is 9.23. The first-order chi connectivity index (χ1) is 9.52. The minimum Gasteiger partial charge on any atom is -0.496 e. The van der Waals surface area contributed by atoms with Crippen LogP contribution in [0.4, 0.5) is 0 Å². The molecule has 1 atom stereocenters. The van der Waals surface area contributed by atoms with Crippen molar-refractivity contribution in [2.45, 2.75) is 19.4 Å². The van der Waals surface area contributed by atoms with E-state index in [-0.39, 0.29) is 6.04 Å². The summed E-state index contributed by atoms with van der Waals surface area (Å²) in [6.07, 6.45) is 0.618. The Morgan fingerprint density at radius 1 is 1.20 bits per heavy atom. The summed E-state index contributed by atoms with van der Waals surface area (Å²) in [5, 5.41) is 1.39. The lowest BCUT2D eigenvalue weighted by Crippen LogP contribution is -2.14. The molecule has 0 radical (unpaired) electrons. The minimum atomic E-state index is -0.199. The highest BCUT2D eigenvalue weighted by Gasteiger charge is 2.15. The molecule has 2 aromatic rings. The Morgan fingerprint density at radius 2 is 1.95 bits per heavy atom. The largest absolute Gasteiger partial charge is 0.496 e. The molecule has 0 amide bonds. The molecule has 0 fully saturated rings. The fourth-order valence-electron chi connectivity index (χ4n) is 2.21. The summed E-state index contributed by atoms with van der Waals surface area (Å²) in [6.45, 7) is 1.97. The number of hydrogen-bond donors (Lipinski definition) is 1. The zero-order valence-electron chi connectivity index (χ0n) is 11.5. The van der Waals surface area contributed by atoms with Gasteiger partial charge < -0.3 is 10.5 Å². The summed E-state index contributed by atoms with van der Waals surface area (Å²) < 4.78 is 5.34. The van der Waals surface area contributed by atoms with Gasteiger partial charge in [-0.1, -0.05) is 41.4 Å². The predicted octanol–water partition coefficient (Wildman–Crippen LogP) is 4.55. The van der Waals surface area contributed by atoms with Crippen molar-refractivity contribution in [1.29, 1.82) is 0 Å². The third-order valence-corrected chi connectivity index (χ3v) is 4.05. The van der Waals surface area contributed by atoms with Crippen molar-refractivity contribution in [2.24, 2.45) is 5.73 Å². The molecule has 4 heteroatoms. The average molecular weight is 310 g/mol. The highest BCUT2D eigenvalue weighted by atomic mass is 35.5. The molecule has 0 aliphatic heterocycles. The van der Waals surface area contributed by atoms with Crippen molar-refractivity contribution in [3.63, 3.8) is 0 Å². The molecule has 0 spiro atoms. The van der Waals surface area contributed by atoms with Crippen LogP contribution in [0.1, 0.15) is 22.7 Å². The van der Waals surface area contributed by atoms with E-state index in [2.05, 4.69) is 0 Å². The van der Waals surface area contributed by atoms with Gasteiger partial charge in [0.1, 0.15) is 5.75 Å². The predicted molar refractivity (Wildman–Crippen MR) is 84.8 cm³/mol. The molecule has 106 valence electrons. The number of aryl methyl sites for hydroxylation is 1. The van der Waals surface area contributed by atoms with Crippen molar-refractivity contribution < 1.29 is 4.74 Å². The molecule has 0 saturated carbocycles. The van der Waals surface area contributed by atoms with E-state index < -0.39 is 0 Å². The lowest BCUT2D eigenvalue weighted by Gasteiger charge is -2.17. The first-order valence-electron chi connectivity index (χ1n) is 6.36. The monoisotopic (exact) mass is 309 g/mol. The van der Waals surface area contributed by atoms with Gasteiger partial charge in [0.15, 0.2) is 0 Å². The van der Waals surface area contributed by atoms with Gasteiger partial charge in [-0.05, 0) is 48.2 Å². The van der Waals surface area contributed by atoms with Crippen LogP contribution in [-0.2, 0) is 6.42 Å². The summed E-state index contributed by atoms with van der Waals surface area (Å²) in [6, 6.07) is 11.2.